The first-order chi connectivity index (χ1) is 13.7. The predicted octanol–water partition coefficient (Wildman–Crippen LogP) is 5.55. The quantitative estimate of drug-likeness (QED) is 0.599. The Balaban J connectivity index is 0.000000552. The Morgan fingerprint density at radius 2 is 1.76 bits per heavy atom. The van der Waals surface area contributed by atoms with Crippen LogP contribution in [-0.4, -0.2) is 11.8 Å². The second-order valence-corrected chi connectivity index (χ2v) is 9.59. The van der Waals surface area contributed by atoms with E-state index in [4.69, 9.17) is 23.2 Å². The van der Waals surface area contributed by atoms with Gasteiger partial charge in [0.05, 0.1) is 16.1 Å². The minimum absolute atomic E-state index is 0.0542. The lowest BCUT2D eigenvalue weighted by atomic mass is 9.74. The molecule has 160 valence electrons. The minimum Gasteiger partial charge on any atom is -0.370 e. The molecule has 3 fully saturated rings. The lowest BCUT2D eigenvalue weighted by molar-refractivity contribution is -0.126. The van der Waals surface area contributed by atoms with E-state index in [1.807, 2.05) is 0 Å². The van der Waals surface area contributed by atoms with Crippen LogP contribution in [0.2, 0.25) is 10.0 Å². The number of carbonyl (C=O) groups excluding carboxylic acids is 2. The second-order valence-electron chi connectivity index (χ2n) is 8.80. The van der Waals surface area contributed by atoms with Crippen molar-refractivity contribution in [3.63, 3.8) is 0 Å². The summed E-state index contributed by atoms with van der Waals surface area (Å²) < 4.78 is 14.8. The lowest BCUT2D eigenvalue weighted by Crippen LogP contribution is -2.42. The Hall–Kier alpha value is -1.33. The molecule has 0 radical (unpaired) electrons. The van der Waals surface area contributed by atoms with E-state index < -0.39 is 0 Å². The van der Waals surface area contributed by atoms with Crippen molar-refractivity contribution in [1.82, 2.24) is 5.32 Å². The van der Waals surface area contributed by atoms with Crippen molar-refractivity contribution < 1.29 is 14.0 Å². The molecule has 1 atom stereocenters. The molecule has 3 N–H and O–H groups in total. The molecule has 0 heterocycles. The van der Waals surface area contributed by atoms with Crippen LogP contribution in [0.15, 0.2) is 12.1 Å². The van der Waals surface area contributed by atoms with E-state index in [-0.39, 0.29) is 40.0 Å². The molecule has 2 bridgehead atoms. The molecule has 1 aromatic rings. The molecule has 3 aliphatic carbocycles. The molecule has 3 saturated carbocycles. The van der Waals surface area contributed by atoms with Gasteiger partial charge in [-0.25, -0.2) is 4.39 Å². The number of primary amides is 1. The fourth-order valence-electron chi connectivity index (χ4n) is 5.43. The number of amides is 2. The van der Waals surface area contributed by atoms with Crippen molar-refractivity contribution in [1.29, 1.82) is 0 Å². The van der Waals surface area contributed by atoms with Crippen LogP contribution in [0.4, 0.5) is 4.39 Å². The normalized spacial score (nSPS) is 26.7. The molecular formula is C22H29Cl2FN2O2. The van der Waals surface area contributed by atoms with Crippen LogP contribution in [0, 0.1) is 23.1 Å². The summed E-state index contributed by atoms with van der Waals surface area (Å²) in [6, 6.07) is 2.48. The summed E-state index contributed by atoms with van der Waals surface area (Å²) in [4.78, 5) is 22.1. The van der Waals surface area contributed by atoms with Gasteiger partial charge in [-0.15, -0.1) is 0 Å². The van der Waals surface area contributed by atoms with Crippen LogP contribution < -0.4 is 11.1 Å². The van der Waals surface area contributed by atoms with Crippen molar-refractivity contribution >= 4 is 35.0 Å². The van der Waals surface area contributed by atoms with Gasteiger partial charge in [0.2, 0.25) is 11.8 Å². The molecule has 2 amide bonds. The maximum Gasteiger partial charge on any atom is 0.223 e. The molecule has 4 rings (SSSR count). The van der Waals surface area contributed by atoms with Crippen LogP contribution in [0.25, 0.3) is 0 Å². The summed E-state index contributed by atoms with van der Waals surface area (Å²) in [7, 11) is 0. The van der Waals surface area contributed by atoms with E-state index in [0.717, 1.165) is 57.8 Å². The second kappa shape index (κ2) is 9.22. The van der Waals surface area contributed by atoms with Gasteiger partial charge in [-0.2, -0.15) is 0 Å². The fraction of sp³-hybridized carbons (Fsp3) is 0.636. The zero-order valence-corrected chi connectivity index (χ0v) is 18.3. The highest BCUT2D eigenvalue weighted by Crippen LogP contribution is 2.61. The van der Waals surface area contributed by atoms with Crippen molar-refractivity contribution in [3.8, 4) is 0 Å². The lowest BCUT2D eigenvalue weighted by Gasteiger charge is -2.38. The van der Waals surface area contributed by atoms with Crippen molar-refractivity contribution in [2.75, 3.05) is 0 Å². The summed E-state index contributed by atoms with van der Waals surface area (Å²) in [5, 5.41) is 3.82. The van der Waals surface area contributed by atoms with E-state index in [1.54, 1.807) is 0 Å². The van der Waals surface area contributed by atoms with E-state index in [0.29, 0.717) is 16.5 Å². The maximum absolute atomic E-state index is 14.8. The molecular weight excluding hydrogens is 414 g/mol. The molecule has 0 saturated heterocycles. The molecule has 3 aliphatic rings. The Labute approximate surface area is 181 Å². The van der Waals surface area contributed by atoms with Gasteiger partial charge in [-0.1, -0.05) is 36.0 Å². The van der Waals surface area contributed by atoms with Crippen LogP contribution in [0.1, 0.15) is 76.3 Å². The Morgan fingerprint density at radius 1 is 1.17 bits per heavy atom. The number of benzene rings is 1. The molecule has 0 aliphatic heterocycles. The average Bonchev–Trinajstić information content (AvgIpc) is 3.41. The molecule has 1 unspecified atom stereocenters. The van der Waals surface area contributed by atoms with Gasteiger partial charge in [0.1, 0.15) is 5.82 Å². The van der Waals surface area contributed by atoms with Gasteiger partial charge in [-0.05, 0) is 68.4 Å². The molecule has 1 aromatic carbocycles. The molecule has 7 heteroatoms. The monoisotopic (exact) mass is 442 g/mol. The zero-order chi connectivity index (χ0) is 21.2. The van der Waals surface area contributed by atoms with Gasteiger partial charge >= 0.3 is 0 Å². The largest absolute Gasteiger partial charge is 0.370 e. The van der Waals surface area contributed by atoms with Crippen LogP contribution >= 0.6 is 23.2 Å². The number of halogens is 3. The Bertz CT molecular complexity index is 768. The number of fused-ring (bicyclic) bond motifs is 2. The minimum atomic E-state index is -0.376. The highest BCUT2D eigenvalue weighted by Gasteiger charge is 2.52. The van der Waals surface area contributed by atoms with Crippen LogP contribution in [-0.2, 0) is 9.59 Å². The number of nitrogens with one attached hydrogen (secondary N) is 1. The summed E-state index contributed by atoms with van der Waals surface area (Å²) in [5.74, 6) is 0.115. The molecule has 29 heavy (non-hydrogen) atoms. The van der Waals surface area contributed by atoms with Crippen molar-refractivity contribution in [3.05, 3.63) is 33.6 Å². The number of hydrogen-bond donors (Lipinski definition) is 2. The SMILES string of the molecule is CC(N)=O.O=C(NC(c1c(F)ccc(Cl)c1Cl)C12CCC(CC1)C2)C1CCCC1. The van der Waals surface area contributed by atoms with Crippen LogP contribution in [0.5, 0.6) is 0 Å². The number of carbonyl (C=O) groups is 2. The first-order valence-electron chi connectivity index (χ1n) is 10.4. The Kier molecular flexibility index (Phi) is 7.10. The first kappa shape index (κ1) is 22.4. The smallest absolute Gasteiger partial charge is 0.223 e. The van der Waals surface area contributed by atoms with Gasteiger partial charge in [0.15, 0.2) is 0 Å². The van der Waals surface area contributed by atoms with Gasteiger partial charge in [0.25, 0.3) is 0 Å². The van der Waals surface area contributed by atoms with Gasteiger partial charge in [-0.3, -0.25) is 9.59 Å². The van der Waals surface area contributed by atoms with E-state index in [9.17, 15) is 14.0 Å². The number of nitrogens with two attached hydrogens (primary N) is 1. The van der Waals surface area contributed by atoms with E-state index in [1.165, 1.54) is 19.1 Å². The molecule has 0 aromatic heterocycles. The molecule has 4 nitrogen and oxygen atoms in total. The zero-order valence-electron chi connectivity index (χ0n) is 16.8. The highest BCUT2D eigenvalue weighted by molar-refractivity contribution is 6.42. The van der Waals surface area contributed by atoms with Crippen molar-refractivity contribution in [2.24, 2.45) is 23.0 Å². The third-order valence-corrected chi connectivity index (χ3v) is 7.61. The van der Waals surface area contributed by atoms with Gasteiger partial charge in [0, 0.05) is 18.4 Å². The number of rotatable bonds is 4. The predicted molar refractivity (Wildman–Crippen MR) is 113 cm³/mol. The standard InChI is InChI=1S/C20H24Cl2FNO.C2H5NO/c21-14-5-6-15(23)16(17(14)22)18(20-9-7-12(11-20)8-10-20)24-19(25)13-3-1-2-4-13;1-2(3)4/h5-6,12-13,18H,1-4,7-11H2,(H,24,25);1H3,(H2,3,4). The van der Waals surface area contributed by atoms with Crippen molar-refractivity contribution in [2.45, 2.75) is 70.8 Å². The third kappa shape index (κ3) is 4.88. The summed E-state index contributed by atoms with van der Waals surface area (Å²) >= 11 is 12.6. The summed E-state index contributed by atoms with van der Waals surface area (Å²) in [6.07, 6.45) is 9.48. The first-order valence-corrected chi connectivity index (χ1v) is 11.2. The topological polar surface area (TPSA) is 72.2 Å². The van der Waals surface area contributed by atoms with Gasteiger partial charge < -0.3 is 11.1 Å². The fourth-order valence-corrected chi connectivity index (χ4v) is 5.86. The van der Waals surface area contributed by atoms with E-state index in [2.05, 4.69) is 11.1 Å². The maximum atomic E-state index is 14.8. The highest BCUT2D eigenvalue weighted by atomic mass is 35.5. The van der Waals surface area contributed by atoms with E-state index >= 15 is 0 Å². The average molecular weight is 443 g/mol. The van der Waals surface area contributed by atoms with Crippen LogP contribution in [0.3, 0.4) is 0 Å². The number of hydrogen-bond acceptors (Lipinski definition) is 2. The summed E-state index contributed by atoms with van der Waals surface area (Å²) in [6.45, 7) is 1.31. The molecule has 0 spiro atoms. The summed E-state index contributed by atoms with van der Waals surface area (Å²) in [5.41, 5.74) is 4.79. The third-order valence-electron chi connectivity index (χ3n) is 6.79. The Morgan fingerprint density at radius 3 is 2.28 bits per heavy atom.